The monoisotopic (exact) mass is 263 g/mol. The van der Waals surface area contributed by atoms with Gasteiger partial charge in [0.05, 0.1) is 11.4 Å². The van der Waals surface area contributed by atoms with E-state index in [1.54, 1.807) is 31.1 Å². The van der Waals surface area contributed by atoms with Crippen molar-refractivity contribution in [3.05, 3.63) is 23.8 Å². The molecule has 4 nitrogen and oxygen atoms in total. The van der Waals surface area contributed by atoms with E-state index >= 15 is 0 Å². The molecule has 0 unspecified atom stereocenters. The number of anilines is 2. The van der Waals surface area contributed by atoms with E-state index in [0.717, 1.165) is 18.7 Å². The number of carbonyl (C=O) groups excluding carboxylic acids is 1. The fourth-order valence-electron chi connectivity index (χ4n) is 1.57. The second-order valence-electron chi connectivity index (χ2n) is 5.87. The Morgan fingerprint density at radius 3 is 2.47 bits per heavy atom. The third kappa shape index (κ3) is 4.16. The van der Waals surface area contributed by atoms with Crippen molar-refractivity contribution in [3.63, 3.8) is 0 Å². The van der Waals surface area contributed by atoms with Gasteiger partial charge in [0, 0.05) is 26.2 Å². The van der Waals surface area contributed by atoms with E-state index in [4.69, 9.17) is 5.73 Å². The highest BCUT2D eigenvalue weighted by atomic mass is 16.2. The second-order valence-corrected chi connectivity index (χ2v) is 5.87. The zero-order valence-electron chi connectivity index (χ0n) is 12.6. The molecule has 0 spiro atoms. The molecule has 0 heterocycles. The summed E-state index contributed by atoms with van der Waals surface area (Å²) in [7, 11) is 3.46. The molecule has 0 saturated carbocycles. The topological polar surface area (TPSA) is 58.4 Å². The van der Waals surface area contributed by atoms with Crippen LogP contribution in [0.1, 0.15) is 37.6 Å². The molecule has 1 aromatic rings. The molecule has 19 heavy (non-hydrogen) atoms. The Morgan fingerprint density at radius 1 is 1.37 bits per heavy atom. The van der Waals surface area contributed by atoms with Crippen LogP contribution in [-0.4, -0.2) is 31.4 Å². The van der Waals surface area contributed by atoms with Crippen molar-refractivity contribution in [1.82, 2.24) is 4.90 Å². The highest BCUT2D eigenvalue weighted by molar-refractivity contribution is 5.95. The van der Waals surface area contributed by atoms with Crippen molar-refractivity contribution in [2.24, 2.45) is 5.41 Å². The van der Waals surface area contributed by atoms with Gasteiger partial charge in [-0.2, -0.15) is 0 Å². The number of nitrogen functional groups attached to an aromatic ring is 1. The molecular formula is C15H25N3O. The van der Waals surface area contributed by atoms with Crippen LogP contribution in [0.2, 0.25) is 0 Å². The lowest BCUT2D eigenvalue weighted by atomic mass is 9.90. The van der Waals surface area contributed by atoms with Crippen LogP contribution >= 0.6 is 0 Å². The zero-order chi connectivity index (χ0) is 14.6. The molecule has 0 atom stereocenters. The molecule has 0 saturated heterocycles. The zero-order valence-corrected chi connectivity index (χ0v) is 12.6. The van der Waals surface area contributed by atoms with Crippen molar-refractivity contribution in [2.45, 2.75) is 27.2 Å². The summed E-state index contributed by atoms with van der Waals surface area (Å²) < 4.78 is 0. The third-order valence-electron chi connectivity index (χ3n) is 3.42. The summed E-state index contributed by atoms with van der Waals surface area (Å²) in [4.78, 5) is 13.4. The molecule has 0 aliphatic carbocycles. The quantitative estimate of drug-likeness (QED) is 0.803. The van der Waals surface area contributed by atoms with E-state index in [0.29, 0.717) is 11.3 Å². The molecule has 0 radical (unpaired) electrons. The Bertz CT molecular complexity index is 453. The average molecular weight is 263 g/mol. The Labute approximate surface area is 116 Å². The summed E-state index contributed by atoms with van der Waals surface area (Å²) in [6, 6.07) is 5.40. The first-order valence-corrected chi connectivity index (χ1v) is 6.62. The van der Waals surface area contributed by atoms with Gasteiger partial charge < -0.3 is 16.0 Å². The number of benzene rings is 1. The Morgan fingerprint density at radius 2 is 2.00 bits per heavy atom. The van der Waals surface area contributed by atoms with Crippen molar-refractivity contribution >= 4 is 17.3 Å². The van der Waals surface area contributed by atoms with E-state index in [-0.39, 0.29) is 11.3 Å². The Kier molecular flexibility index (Phi) is 4.81. The molecule has 4 heteroatoms. The lowest BCUT2D eigenvalue weighted by Gasteiger charge is -2.24. The normalized spacial score (nSPS) is 11.2. The maximum atomic E-state index is 11.8. The molecule has 1 rings (SSSR count). The minimum Gasteiger partial charge on any atom is -0.397 e. The van der Waals surface area contributed by atoms with E-state index in [9.17, 15) is 4.79 Å². The Balaban J connectivity index is 2.81. The van der Waals surface area contributed by atoms with Gasteiger partial charge in [-0.3, -0.25) is 4.79 Å². The molecule has 0 aromatic heterocycles. The van der Waals surface area contributed by atoms with Crippen molar-refractivity contribution in [2.75, 3.05) is 31.7 Å². The second kappa shape index (κ2) is 5.95. The van der Waals surface area contributed by atoms with Crippen LogP contribution in [0.3, 0.4) is 0 Å². The highest BCUT2D eigenvalue weighted by Gasteiger charge is 2.15. The molecule has 0 aliphatic heterocycles. The first kappa shape index (κ1) is 15.3. The molecule has 0 bridgehead atoms. The van der Waals surface area contributed by atoms with Gasteiger partial charge in [-0.25, -0.2) is 0 Å². The van der Waals surface area contributed by atoms with E-state index in [2.05, 4.69) is 26.1 Å². The van der Waals surface area contributed by atoms with Gasteiger partial charge >= 0.3 is 0 Å². The maximum absolute atomic E-state index is 11.8. The third-order valence-corrected chi connectivity index (χ3v) is 3.42. The summed E-state index contributed by atoms with van der Waals surface area (Å²) in [5.41, 5.74) is 8.33. The van der Waals surface area contributed by atoms with E-state index in [1.807, 2.05) is 6.07 Å². The number of carbonyl (C=O) groups is 1. The number of rotatable bonds is 5. The summed E-state index contributed by atoms with van der Waals surface area (Å²) in [6.07, 6.45) is 1.09. The largest absolute Gasteiger partial charge is 0.397 e. The molecular weight excluding hydrogens is 238 g/mol. The average Bonchev–Trinajstić information content (AvgIpc) is 2.36. The van der Waals surface area contributed by atoms with Crippen LogP contribution < -0.4 is 11.1 Å². The van der Waals surface area contributed by atoms with Gasteiger partial charge in [-0.05, 0) is 30.0 Å². The summed E-state index contributed by atoms with van der Waals surface area (Å²) in [5.74, 6) is -0.0351. The lowest BCUT2D eigenvalue weighted by molar-refractivity contribution is 0.0827. The first-order valence-electron chi connectivity index (χ1n) is 6.62. The van der Waals surface area contributed by atoms with Crippen LogP contribution in [0, 0.1) is 5.41 Å². The molecule has 0 aliphatic rings. The maximum Gasteiger partial charge on any atom is 0.253 e. The van der Waals surface area contributed by atoms with E-state index in [1.165, 1.54) is 0 Å². The SMILES string of the molecule is CCC(C)(C)CNc1ccc(C(=O)N(C)C)cc1N. The fraction of sp³-hybridized carbons (Fsp3) is 0.533. The van der Waals surface area contributed by atoms with Crippen LogP contribution in [-0.2, 0) is 0 Å². The minimum atomic E-state index is -0.0351. The van der Waals surface area contributed by atoms with Gasteiger partial charge in [0.25, 0.3) is 5.91 Å². The van der Waals surface area contributed by atoms with Gasteiger partial charge in [0.15, 0.2) is 0 Å². The molecule has 1 aromatic carbocycles. The van der Waals surface area contributed by atoms with Gasteiger partial charge in [-0.1, -0.05) is 20.8 Å². The first-order chi connectivity index (χ1) is 8.76. The van der Waals surface area contributed by atoms with Gasteiger partial charge in [0.2, 0.25) is 0 Å². The smallest absolute Gasteiger partial charge is 0.253 e. The highest BCUT2D eigenvalue weighted by Crippen LogP contribution is 2.24. The summed E-state index contributed by atoms with van der Waals surface area (Å²) in [6.45, 7) is 7.44. The molecule has 106 valence electrons. The predicted octanol–water partition coefficient (Wildman–Crippen LogP) is 2.82. The van der Waals surface area contributed by atoms with Crippen LogP contribution in [0.15, 0.2) is 18.2 Å². The Hall–Kier alpha value is -1.71. The molecule has 0 fully saturated rings. The van der Waals surface area contributed by atoms with Crippen molar-refractivity contribution in [1.29, 1.82) is 0 Å². The molecule has 3 N–H and O–H groups in total. The standard InChI is InChI=1S/C15H25N3O/c1-6-15(2,3)10-17-13-8-7-11(9-12(13)16)14(19)18(4)5/h7-9,17H,6,10,16H2,1-5H3. The number of amides is 1. The van der Waals surface area contributed by atoms with Gasteiger partial charge in [0.1, 0.15) is 0 Å². The number of nitrogens with two attached hydrogens (primary N) is 1. The van der Waals surface area contributed by atoms with Crippen molar-refractivity contribution < 1.29 is 4.79 Å². The summed E-state index contributed by atoms with van der Waals surface area (Å²) in [5, 5.41) is 3.35. The van der Waals surface area contributed by atoms with Gasteiger partial charge in [-0.15, -0.1) is 0 Å². The minimum absolute atomic E-state index is 0.0351. The van der Waals surface area contributed by atoms with E-state index < -0.39 is 0 Å². The molecule has 1 amide bonds. The number of hydrogen-bond donors (Lipinski definition) is 2. The summed E-state index contributed by atoms with van der Waals surface area (Å²) >= 11 is 0. The number of hydrogen-bond acceptors (Lipinski definition) is 3. The fourth-order valence-corrected chi connectivity index (χ4v) is 1.57. The van der Waals surface area contributed by atoms with Crippen LogP contribution in [0.4, 0.5) is 11.4 Å². The van der Waals surface area contributed by atoms with Crippen LogP contribution in [0.5, 0.6) is 0 Å². The van der Waals surface area contributed by atoms with Crippen molar-refractivity contribution in [3.8, 4) is 0 Å². The predicted molar refractivity (Wildman–Crippen MR) is 81.4 cm³/mol. The lowest BCUT2D eigenvalue weighted by Crippen LogP contribution is -2.23. The number of nitrogens with one attached hydrogen (secondary N) is 1. The van der Waals surface area contributed by atoms with Crippen LogP contribution in [0.25, 0.3) is 0 Å². The number of nitrogens with zero attached hydrogens (tertiary/aromatic N) is 1.